The molecule has 7 nitrogen and oxygen atoms in total. The zero-order valence-electron chi connectivity index (χ0n) is 22.0. The van der Waals surface area contributed by atoms with Crippen molar-refractivity contribution in [1.29, 1.82) is 0 Å². The highest BCUT2D eigenvalue weighted by Crippen LogP contribution is 2.16. The number of rotatable bonds is 17. The van der Waals surface area contributed by atoms with Gasteiger partial charge < -0.3 is 20.7 Å². The number of amides is 2. The molecule has 3 aromatic rings. The number of carboxylic acid groups (broad SMARTS) is 1. The highest BCUT2D eigenvalue weighted by atomic mass is 16.4. The van der Waals surface area contributed by atoms with Crippen molar-refractivity contribution in [2.45, 2.75) is 76.3 Å². The molecule has 4 N–H and O–H groups in total. The zero-order valence-corrected chi connectivity index (χ0v) is 22.0. The Morgan fingerprint density at radius 1 is 0.842 bits per heavy atom. The van der Waals surface area contributed by atoms with E-state index in [9.17, 15) is 19.5 Å². The van der Waals surface area contributed by atoms with Crippen molar-refractivity contribution in [2.75, 3.05) is 0 Å². The molecular formula is C31H39N3O4. The van der Waals surface area contributed by atoms with Crippen LogP contribution in [0.1, 0.15) is 62.6 Å². The Morgan fingerprint density at radius 3 is 2.24 bits per heavy atom. The second kappa shape index (κ2) is 15.4. The number of nitrogens with one attached hydrogen (secondary N) is 3. The summed E-state index contributed by atoms with van der Waals surface area (Å²) >= 11 is 0. The van der Waals surface area contributed by atoms with E-state index in [-0.39, 0.29) is 18.7 Å². The summed E-state index contributed by atoms with van der Waals surface area (Å²) in [6.07, 6.45) is 9.95. The standard InChI is InChI=1S/C31H39N3O4/c1-2-3-4-5-6-7-8-12-19-29(35)33-27(20-23-15-10-9-11-16-23)30(36)34-28(31(37)38)22-25-21-24-17-13-14-18-26(24)32-25/h2,9-11,13-18,21,27-28,32H,1,3-8,12,19-20,22H2,(H,33,35)(H,34,36)(H,37,38). The molecular weight excluding hydrogens is 478 g/mol. The Morgan fingerprint density at radius 2 is 1.53 bits per heavy atom. The largest absolute Gasteiger partial charge is 0.480 e. The van der Waals surface area contributed by atoms with Gasteiger partial charge in [0.1, 0.15) is 12.1 Å². The van der Waals surface area contributed by atoms with Gasteiger partial charge in [0, 0.05) is 30.5 Å². The number of H-pyrrole nitrogens is 1. The molecule has 0 aliphatic rings. The molecule has 2 atom stereocenters. The van der Waals surface area contributed by atoms with Gasteiger partial charge in [0.15, 0.2) is 0 Å². The first-order chi connectivity index (χ1) is 18.5. The van der Waals surface area contributed by atoms with E-state index in [1.807, 2.05) is 66.7 Å². The smallest absolute Gasteiger partial charge is 0.326 e. The molecule has 0 aliphatic heterocycles. The van der Waals surface area contributed by atoms with Crippen LogP contribution >= 0.6 is 0 Å². The number of aromatic nitrogens is 1. The maximum absolute atomic E-state index is 13.3. The van der Waals surface area contributed by atoms with Gasteiger partial charge in [0.2, 0.25) is 11.8 Å². The number of hydrogen-bond acceptors (Lipinski definition) is 3. The lowest BCUT2D eigenvalue weighted by atomic mass is 10.0. The van der Waals surface area contributed by atoms with E-state index >= 15 is 0 Å². The second-order valence-corrected chi connectivity index (χ2v) is 9.74. The third kappa shape index (κ3) is 9.54. The molecule has 0 fully saturated rings. The van der Waals surface area contributed by atoms with E-state index in [2.05, 4.69) is 22.2 Å². The van der Waals surface area contributed by atoms with Crippen LogP contribution in [-0.2, 0) is 27.2 Å². The number of carbonyl (C=O) groups excluding carboxylic acids is 2. The Bertz CT molecular complexity index is 1160. The minimum Gasteiger partial charge on any atom is -0.480 e. The van der Waals surface area contributed by atoms with E-state index in [0.29, 0.717) is 12.1 Å². The topological polar surface area (TPSA) is 111 Å². The third-order valence-electron chi connectivity index (χ3n) is 6.62. The van der Waals surface area contributed by atoms with Crippen molar-refractivity contribution < 1.29 is 19.5 Å². The fourth-order valence-corrected chi connectivity index (χ4v) is 4.54. The van der Waals surface area contributed by atoms with Crippen molar-refractivity contribution in [3.63, 3.8) is 0 Å². The van der Waals surface area contributed by atoms with Crippen molar-refractivity contribution in [1.82, 2.24) is 15.6 Å². The number of benzene rings is 2. The molecule has 3 rings (SSSR count). The van der Waals surface area contributed by atoms with Gasteiger partial charge in [-0.3, -0.25) is 9.59 Å². The summed E-state index contributed by atoms with van der Waals surface area (Å²) in [7, 11) is 0. The maximum Gasteiger partial charge on any atom is 0.326 e. The Labute approximate surface area is 224 Å². The van der Waals surface area contributed by atoms with Crippen LogP contribution in [-0.4, -0.2) is 40.0 Å². The number of carboxylic acids is 1. The van der Waals surface area contributed by atoms with Gasteiger partial charge in [-0.25, -0.2) is 4.79 Å². The molecule has 202 valence electrons. The van der Waals surface area contributed by atoms with E-state index in [1.165, 1.54) is 6.42 Å². The molecule has 0 saturated heterocycles. The third-order valence-corrected chi connectivity index (χ3v) is 6.62. The molecule has 0 aliphatic carbocycles. The number of unbranched alkanes of at least 4 members (excludes halogenated alkanes) is 6. The summed E-state index contributed by atoms with van der Waals surface area (Å²) in [4.78, 5) is 41.2. The molecule has 0 saturated carbocycles. The minimum atomic E-state index is -1.13. The second-order valence-electron chi connectivity index (χ2n) is 9.74. The summed E-state index contributed by atoms with van der Waals surface area (Å²) < 4.78 is 0. The quantitative estimate of drug-likeness (QED) is 0.144. The van der Waals surface area contributed by atoms with Gasteiger partial charge in [-0.1, -0.05) is 80.3 Å². The molecule has 2 amide bonds. The van der Waals surface area contributed by atoms with Crippen LogP contribution in [0.3, 0.4) is 0 Å². The summed E-state index contributed by atoms with van der Waals surface area (Å²) in [5.41, 5.74) is 2.51. The number of allylic oxidation sites excluding steroid dienone is 1. The minimum absolute atomic E-state index is 0.106. The van der Waals surface area contributed by atoms with E-state index < -0.39 is 24.0 Å². The summed E-state index contributed by atoms with van der Waals surface area (Å²) in [6, 6.07) is 17.0. The molecule has 0 bridgehead atoms. The van der Waals surface area contributed by atoms with Crippen molar-refractivity contribution in [2.24, 2.45) is 0 Å². The molecule has 38 heavy (non-hydrogen) atoms. The summed E-state index contributed by atoms with van der Waals surface area (Å²) in [5.74, 6) is -1.84. The average Bonchev–Trinajstić information content (AvgIpc) is 3.32. The normalized spacial score (nSPS) is 12.5. The monoisotopic (exact) mass is 517 g/mol. The molecule has 2 unspecified atom stereocenters. The molecule has 0 spiro atoms. The zero-order chi connectivity index (χ0) is 27.2. The van der Waals surface area contributed by atoms with Gasteiger partial charge in [0.25, 0.3) is 0 Å². The maximum atomic E-state index is 13.3. The number of aliphatic carboxylic acids is 1. The van der Waals surface area contributed by atoms with Crippen LogP contribution in [0, 0.1) is 0 Å². The highest BCUT2D eigenvalue weighted by Gasteiger charge is 2.27. The molecule has 2 aromatic carbocycles. The number of fused-ring (bicyclic) bond motifs is 1. The van der Waals surface area contributed by atoms with Crippen molar-refractivity contribution in [3.8, 4) is 0 Å². The van der Waals surface area contributed by atoms with E-state index in [4.69, 9.17) is 0 Å². The predicted octanol–water partition coefficient (Wildman–Crippen LogP) is 5.31. The molecule has 7 heteroatoms. The highest BCUT2D eigenvalue weighted by molar-refractivity contribution is 5.91. The lowest BCUT2D eigenvalue weighted by Crippen LogP contribution is -2.53. The Kier molecular flexibility index (Phi) is 11.6. The lowest BCUT2D eigenvalue weighted by Gasteiger charge is -2.21. The van der Waals surface area contributed by atoms with Crippen LogP contribution in [0.5, 0.6) is 0 Å². The van der Waals surface area contributed by atoms with Gasteiger partial charge in [-0.05, 0) is 42.3 Å². The van der Waals surface area contributed by atoms with Gasteiger partial charge in [-0.2, -0.15) is 0 Å². The Balaban J connectivity index is 1.58. The molecule has 0 radical (unpaired) electrons. The fourth-order valence-electron chi connectivity index (χ4n) is 4.54. The van der Waals surface area contributed by atoms with E-state index in [1.54, 1.807) is 0 Å². The SMILES string of the molecule is C=CCCCCCCCCC(=O)NC(Cc1ccccc1)C(=O)NC(Cc1cc2ccccc2[nH]1)C(=O)O. The number of para-hydroxylation sites is 1. The van der Waals surface area contributed by atoms with Gasteiger partial charge in [0.05, 0.1) is 0 Å². The summed E-state index contributed by atoms with van der Waals surface area (Å²) in [5, 5.41) is 16.3. The van der Waals surface area contributed by atoms with Crippen LogP contribution in [0.2, 0.25) is 0 Å². The first-order valence-corrected chi connectivity index (χ1v) is 13.5. The van der Waals surface area contributed by atoms with Crippen LogP contribution in [0.25, 0.3) is 10.9 Å². The summed E-state index contributed by atoms with van der Waals surface area (Å²) in [6.45, 7) is 3.74. The molecule has 1 aromatic heterocycles. The first kappa shape index (κ1) is 28.7. The average molecular weight is 518 g/mol. The number of hydrogen-bond donors (Lipinski definition) is 4. The van der Waals surface area contributed by atoms with E-state index in [0.717, 1.165) is 55.0 Å². The number of carbonyl (C=O) groups is 3. The van der Waals surface area contributed by atoms with Gasteiger partial charge >= 0.3 is 5.97 Å². The van der Waals surface area contributed by atoms with Gasteiger partial charge in [-0.15, -0.1) is 6.58 Å². The van der Waals surface area contributed by atoms with Crippen LogP contribution < -0.4 is 10.6 Å². The fraction of sp³-hybridized carbons (Fsp3) is 0.387. The van der Waals surface area contributed by atoms with Crippen molar-refractivity contribution >= 4 is 28.7 Å². The van der Waals surface area contributed by atoms with Crippen LogP contribution in [0.4, 0.5) is 0 Å². The Hall–Kier alpha value is -3.87. The lowest BCUT2D eigenvalue weighted by molar-refractivity contribution is -0.142. The first-order valence-electron chi connectivity index (χ1n) is 13.5. The molecule has 1 heterocycles. The number of aromatic amines is 1. The predicted molar refractivity (Wildman–Crippen MR) is 151 cm³/mol. The van der Waals surface area contributed by atoms with Crippen molar-refractivity contribution in [3.05, 3.63) is 84.6 Å². The van der Waals surface area contributed by atoms with Crippen LogP contribution in [0.15, 0.2) is 73.3 Å².